The average Bonchev–Trinajstić information content (AvgIpc) is 1.83. The minimum atomic E-state index is 0.868. The van der Waals surface area contributed by atoms with Gasteiger partial charge in [-0.3, -0.25) is 0 Å². The second kappa shape index (κ2) is 4.50. The number of allylic oxidation sites excluding steroid dienone is 1. The molecule has 0 atom stereocenters. The van der Waals surface area contributed by atoms with Crippen molar-refractivity contribution in [3.05, 3.63) is 12.0 Å². The number of methoxy groups -OCH3 is 2. The van der Waals surface area contributed by atoms with E-state index in [4.69, 9.17) is 9.47 Å². The summed E-state index contributed by atoms with van der Waals surface area (Å²) in [6.07, 6.45) is 2.48. The fraction of sp³-hybridized carbons (Fsp3) is 0.667. The summed E-state index contributed by atoms with van der Waals surface area (Å²) in [7, 11) is 3.24. The van der Waals surface area contributed by atoms with Crippen molar-refractivity contribution in [3.8, 4) is 0 Å². The van der Waals surface area contributed by atoms with Gasteiger partial charge in [0.2, 0.25) is 0 Å². The monoisotopic (exact) mass is 116 g/mol. The van der Waals surface area contributed by atoms with E-state index in [9.17, 15) is 0 Å². The van der Waals surface area contributed by atoms with Crippen LogP contribution in [0.1, 0.15) is 13.3 Å². The molecule has 0 fully saturated rings. The third-order valence-corrected chi connectivity index (χ3v) is 0.860. The van der Waals surface area contributed by atoms with Gasteiger partial charge in [-0.25, -0.2) is 0 Å². The van der Waals surface area contributed by atoms with E-state index in [-0.39, 0.29) is 0 Å². The van der Waals surface area contributed by atoms with Crippen LogP contribution >= 0.6 is 0 Å². The molecule has 0 amide bonds. The molecule has 2 nitrogen and oxygen atoms in total. The van der Waals surface area contributed by atoms with E-state index in [1.807, 2.05) is 6.92 Å². The average molecular weight is 116 g/mol. The molecule has 0 aliphatic rings. The Labute approximate surface area is 50.1 Å². The minimum absolute atomic E-state index is 0.868. The lowest BCUT2D eigenvalue weighted by Gasteiger charge is -1.99. The highest BCUT2D eigenvalue weighted by molar-refractivity contribution is 4.84. The van der Waals surface area contributed by atoms with Crippen LogP contribution in [-0.4, -0.2) is 14.2 Å². The van der Waals surface area contributed by atoms with Crippen molar-refractivity contribution in [2.24, 2.45) is 0 Å². The maximum atomic E-state index is 4.88. The third-order valence-electron chi connectivity index (χ3n) is 0.860. The second-order valence-corrected chi connectivity index (χ2v) is 1.38. The third kappa shape index (κ3) is 2.50. The summed E-state index contributed by atoms with van der Waals surface area (Å²) in [6.45, 7) is 2.01. The number of ether oxygens (including phenoxy) is 2. The maximum Gasteiger partial charge on any atom is 0.130 e. The molecule has 0 spiro atoms. The Kier molecular flexibility index (Phi) is 4.13. The van der Waals surface area contributed by atoms with Crippen molar-refractivity contribution in [3.63, 3.8) is 0 Å². The molecule has 8 heavy (non-hydrogen) atoms. The minimum Gasteiger partial charge on any atom is -0.501 e. The zero-order chi connectivity index (χ0) is 6.41. The van der Waals surface area contributed by atoms with E-state index in [1.165, 1.54) is 0 Å². The standard InChI is InChI=1S/C6H12O2/c1-4-6(8-3)5-7-2/h5H,4H2,1-3H3/b6-5+. The molecule has 0 aromatic carbocycles. The molecule has 0 saturated heterocycles. The number of rotatable bonds is 3. The van der Waals surface area contributed by atoms with Gasteiger partial charge < -0.3 is 9.47 Å². The molecule has 0 aromatic heterocycles. The van der Waals surface area contributed by atoms with Crippen molar-refractivity contribution in [2.75, 3.05) is 14.2 Å². The summed E-state index contributed by atoms with van der Waals surface area (Å²) in [5.41, 5.74) is 0. The van der Waals surface area contributed by atoms with Crippen LogP contribution in [0.2, 0.25) is 0 Å². The predicted molar refractivity (Wildman–Crippen MR) is 32.4 cm³/mol. The van der Waals surface area contributed by atoms with Gasteiger partial charge in [0.1, 0.15) is 12.0 Å². The molecule has 0 aliphatic heterocycles. The van der Waals surface area contributed by atoms with Gasteiger partial charge in [-0.2, -0.15) is 0 Å². The fourth-order valence-electron chi connectivity index (χ4n) is 0.407. The highest BCUT2D eigenvalue weighted by Crippen LogP contribution is 1.98. The topological polar surface area (TPSA) is 18.5 Å². The lowest BCUT2D eigenvalue weighted by molar-refractivity contribution is 0.241. The first-order valence-electron chi connectivity index (χ1n) is 2.61. The number of hydrogen-bond donors (Lipinski definition) is 0. The summed E-state index contributed by atoms with van der Waals surface area (Å²) in [5.74, 6) is 0.868. The molecule has 0 saturated carbocycles. The molecule has 48 valence electrons. The summed E-state index contributed by atoms with van der Waals surface area (Å²) >= 11 is 0. The lowest BCUT2D eigenvalue weighted by atomic mass is 10.4. The molecule has 2 heteroatoms. The normalized spacial score (nSPS) is 11.1. The molecule has 0 heterocycles. The molecular formula is C6H12O2. The van der Waals surface area contributed by atoms with Gasteiger partial charge in [-0.05, 0) is 0 Å². The van der Waals surface area contributed by atoms with Crippen LogP contribution in [0.5, 0.6) is 0 Å². The Balaban J connectivity index is 3.49. The van der Waals surface area contributed by atoms with Gasteiger partial charge in [0.15, 0.2) is 0 Å². The van der Waals surface area contributed by atoms with Crippen molar-refractivity contribution in [1.82, 2.24) is 0 Å². The first kappa shape index (κ1) is 7.34. The van der Waals surface area contributed by atoms with Crippen LogP contribution in [0.3, 0.4) is 0 Å². The quantitative estimate of drug-likeness (QED) is 0.520. The maximum absolute atomic E-state index is 4.88. The fourth-order valence-corrected chi connectivity index (χ4v) is 0.407. The largest absolute Gasteiger partial charge is 0.501 e. The Morgan fingerprint density at radius 3 is 2.25 bits per heavy atom. The summed E-state index contributed by atoms with van der Waals surface area (Å²) in [4.78, 5) is 0. The van der Waals surface area contributed by atoms with E-state index in [0.29, 0.717) is 0 Å². The lowest BCUT2D eigenvalue weighted by Crippen LogP contribution is -1.83. The van der Waals surface area contributed by atoms with Gasteiger partial charge in [0.25, 0.3) is 0 Å². The Morgan fingerprint density at radius 1 is 1.50 bits per heavy atom. The van der Waals surface area contributed by atoms with E-state index in [1.54, 1.807) is 20.5 Å². The highest BCUT2D eigenvalue weighted by Gasteiger charge is 1.86. The smallest absolute Gasteiger partial charge is 0.130 e. The Hall–Kier alpha value is -0.660. The van der Waals surface area contributed by atoms with E-state index in [2.05, 4.69) is 0 Å². The SMILES string of the molecule is CC/C(=C\OC)OC. The van der Waals surface area contributed by atoms with Crippen molar-refractivity contribution in [1.29, 1.82) is 0 Å². The zero-order valence-corrected chi connectivity index (χ0v) is 5.60. The molecule has 0 radical (unpaired) electrons. The van der Waals surface area contributed by atoms with Crippen molar-refractivity contribution in [2.45, 2.75) is 13.3 Å². The molecule has 0 rings (SSSR count). The first-order chi connectivity index (χ1) is 3.85. The van der Waals surface area contributed by atoms with Crippen LogP contribution in [-0.2, 0) is 9.47 Å². The van der Waals surface area contributed by atoms with Crippen LogP contribution < -0.4 is 0 Å². The molecule has 0 aromatic rings. The zero-order valence-electron chi connectivity index (χ0n) is 5.60. The summed E-state index contributed by atoms with van der Waals surface area (Å²) in [5, 5.41) is 0. The van der Waals surface area contributed by atoms with Gasteiger partial charge in [0, 0.05) is 6.42 Å². The van der Waals surface area contributed by atoms with Crippen molar-refractivity contribution >= 4 is 0 Å². The van der Waals surface area contributed by atoms with Crippen LogP contribution in [0.15, 0.2) is 12.0 Å². The number of hydrogen-bond acceptors (Lipinski definition) is 2. The predicted octanol–water partition coefficient (Wildman–Crippen LogP) is 1.53. The van der Waals surface area contributed by atoms with E-state index >= 15 is 0 Å². The second-order valence-electron chi connectivity index (χ2n) is 1.38. The summed E-state index contributed by atoms with van der Waals surface area (Å²) in [6, 6.07) is 0. The Bertz CT molecular complexity index is 70.6. The van der Waals surface area contributed by atoms with Crippen LogP contribution in [0.25, 0.3) is 0 Å². The van der Waals surface area contributed by atoms with Crippen molar-refractivity contribution < 1.29 is 9.47 Å². The van der Waals surface area contributed by atoms with E-state index in [0.717, 1.165) is 12.2 Å². The molecule has 0 N–H and O–H groups in total. The molecule has 0 unspecified atom stereocenters. The summed E-state index contributed by atoms with van der Waals surface area (Å²) < 4.78 is 9.57. The van der Waals surface area contributed by atoms with Gasteiger partial charge in [-0.1, -0.05) is 6.92 Å². The molecule has 0 bridgehead atoms. The van der Waals surface area contributed by atoms with Crippen LogP contribution in [0, 0.1) is 0 Å². The Morgan fingerprint density at radius 2 is 2.12 bits per heavy atom. The van der Waals surface area contributed by atoms with E-state index < -0.39 is 0 Å². The van der Waals surface area contributed by atoms with Gasteiger partial charge in [-0.15, -0.1) is 0 Å². The molecule has 0 aliphatic carbocycles. The highest BCUT2D eigenvalue weighted by atomic mass is 16.5. The molecular weight excluding hydrogens is 104 g/mol. The van der Waals surface area contributed by atoms with Crippen LogP contribution in [0.4, 0.5) is 0 Å². The van der Waals surface area contributed by atoms with Gasteiger partial charge in [0.05, 0.1) is 14.2 Å². The first-order valence-corrected chi connectivity index (χ1v) is 2.61. The van der Waals surface area contributed by atoms with Gasteiger partial charge >= 0.3 is 0 Å².